The maximum atomic E-state index is 13.9. The van der Waals surface area contributed by atoms with Crippen molar-refractivity contribution in [3.8, 4) is 0 Å². The van der Waals surface area contributed by atoms with Gasteiger partial charge in [0.2, 0.25) is 0 Å². The number of nitrogens with two attached hydrogens (primary N) is 1. The van der Waals surface area contributed by atoms with Gasteiger partial charge in [-0.25, -0.2) is 4.39 Å². The molecule has 2 N–H and O–H groups in total. The molecule has 0 aliphatic carbocycles. The third-order valence-corrected chi connectivity index (χ3v) is 3.40. The van der Waals surface area contributed by atoms with Crippen molar-refractivity contribution >= 4 is 15.9 Å². The lowest BCUT2D eigenvalue weighted by Gasteiger charge is -2.30. The van der Waals surface area contributed by atoms with Gasteiger partial charge in [-0.2, -0.15) is 0 Å². The summed E-state index contributed by atoms with van der Waals surface area (Å²) in [5, 5.41) is 0. The fourth-order valence-electron chi connectivity index (χ4n) is 2.07. The number of hydrogen-bond acceptors (Lipinski definition) is 2. The highest BCUT2D eigenvalue weighted by molar-refractivity contribution is 9.10. The topological polar surface area (TPSA) is 29.3 Å². The van der Waals surface area contributed by atoms with Gasteiger partial charge in [0.15, 0.2) is 0 Å². The first-order valence-electron chi connectivity index (χ1n) is 6.03. The van der Waals surface area contributed by atoms with Crippen LogP contribution in [0.2, 0.25) is 0 Å². The van der Waals surface area contributed by atoms with Crippen LogP contribution in [-0.4, -0.2) is 24.5 Å². The van der Waals surface area contributed by atoms with Crippen LogP contribution in [0.15, 0.2) is 22.7 Å². The summed E-state index contributed by atoms with van der Waals surface area (Å²) in [5.74, 6) is -0.190. The van der Waals surface area contributed by atoms with Crippen LogP contribution in [-0.2, 0) is 0 Å². The van der Waals surface area contributed by atoms with Crippen molar-refractivity contribution in [3.63, 3.8) is 0 Å². The molecule has 1 aromatic carbocycles. The number of benzene rings is 1. The third kappa shape index (κ3) is 3.76. The van der Waals surface area contributed by atoms with E-state index in [9.17, 15) is 4.39 Å². The third-order valence-electron chi connectivity index (χ3n) is 2.90. The van der Waals surface area contributed by atoms with Gasteiger partial charge in [-0.3, -0.25) is 4.90 Å². The first kappa shape index (κ1) is 14.6. The standard InChI is InChI=1S/C13H20BrFN2/c1-3-7-17(4-2)13(9-16)11-6-5-10(14)8-12(11)15/h5-6,8,13H,3-4,7,9,16H2,1-2H3. The largest absolute Gasteiger partial charge is 0.329 e. The molecule has 0 heterocycles. The van der Waals surface area contributed by atoms with Crippen LogP contribution in [0.5, 0.6) is 0 Å². The van der Waals surface area contributed by atoms with Crippen molar-refractivity contribution in [2.45, 2.75) is 26.3 Å². The van der Waals surface area contributed by atoms with Crippen LogP contribution >= 0.6 is 15.9 Å². The molecule has 0 aromatic heterocycles. The lowest BCUT2D eigenvalue weighted by atomic mass is 10.0. The highest BCUT2D eigenvalue weighted by atomic mass is 79.9. The summed E-state index contributed by atoms with van der Waals surface area (Å²) < 4.78 is 14.7. The van der Waals surface area contributed by atoms with Gasteiger partial charge in [-0.05, 0) is 31.6 Å². The summed E-state index contributed by atoms with van der Waals surface area (Å²) in [7, 11) is 0. The summed E-state index contributed by atoms with van der Waals surface area (Å²) >= 11 is 3.27. The van der Waals surface area contributed by atoms with Crippen LogP contribution in [0.3, 0.4) is 0 Å². The molecule has 0 saturated heterocycles. The van der Waals surface area contributed by atoms with E-state index < -0.39 is 0 Å². The van der Waals surface area contributed by atoms with E-state index in [2.05, 4.69) is 34.7 Å². The predicted octanol–water partition coefficient (Wildman–Crippen LogP) is 3.32. The zero-order chi connectivity index (χ0) is 12.8. The Hall–Kier alpha value is -0.450. The second-order valence-corrected chi connectivity index (χ2v) is 4.96. The molecule has 4 heteroatoms. The summed E-state index contributed by atoms with van der Waals surface area (Å²) in [6.07, 6.45) is 1.04. The van der Waals surface area contributed by atoms with Gasteiger partial charge in [-0.15, -0.1) is 0 Å². The van der Waals surface area contributed by atoms with Gasteiger partial charge in [0.05, 0.1) is 0 Å². The molecular weight excluding hydrogens is 283 g/mol. The lowest BCUT2D eigenvalue weighted by molar-refractivity contribution is 0.208. The quantitative estimate of drug-likeness (QED) is 0.873. The van der Waals surface area contributed by atoms with E-state index in [0.29, 0.717) is 12.1 Å². The molecule has 17 heavy (non-hydrogen) atoms. The molecule has 0 saturated carbocycles. The Labute approximate surface area is 111 Å². The fourth-order valence-corrected chi connectivity index (χ4v) is 2.40. The lowest BCUT2D eigenvalue weighted by Crippen LogP contribution is -2.34. The van der Waals surface area contributed by atoms with Crippen molar-refractivity contribution in [1.82, 2.24) is 4.90 Å². The van der Waals surface area contributed by atoms with Crippen molar-refractivity contribution in [3.05, 3.63) is 34.1 Å². The second-order valence-electron chi connectivity index (χ2n) is 4.05. The molecule has 1 unspecified atom stereocenters. The van der Waals surface area contributed by atoms with Crippen LogP contribution in [0.25, 0.3) is 0 Å². The maximum Gasteiger partial charge on any atom is 0.129 e. The highest BCUT2D eigenvalue weighted by Gasteiger charge is 2.20. The zero-order valence-electron chi connectivity index (χ0n) is 10.4. The maximum absolute atomic E-state index is 13.9. The summed E-state index contributed by atoms with van der Waals surface area (Å²) in [5.41, 5.74) is 6.48. The number of halogens is 2. The van der Waals surface area contributed by atoms with Crippen molar-refractivity contribution in [2.75, 3.05) is 19.6 Å². The minimum atomic E-state index is -0.190. The Morgan fingerprint density at radius 3 is 2.59 bits per heavy atom. The van der Waals surface area contributed by atoms with Crippen LogP contribution in [0, 0.1) is 5.82 Å². The van der Waals surface area contributed by atoms with E-state index in [1.807, 2.05) is 12.1 Å². The number of hydrogen-bond donors (Lipinski definition) is 1. The fraction of sp³-hybridized carbons (Fsp3) is 0.538. The van der Waals surface area contributed by atoms with E-state index >= 15 is 0 Å². The van der Waals surface area contributed by atoms with Crippen molar-refractivity contribution in [1.29, 1.82) is 0 Å². The molecule has 0 radical (unpaired) electrons. The number of nitrogens with zero attached hydrogens (tertiary/aromatic N) is 1. The summed E-state index contributed by atoms with van der Waals surface area (Å²) in [6.45, 7) is 6.45. The first-order chi connectivity index (χ1) is 8.13. The molecule has 0 aliphatic rings. The van der Waals surface area contributed by atoms with Crippen LogP contribution < -0.4 is 5.73 Å². The Balaban J connectivity index is 2.99. The van der Waals surface area contributed by atoms with E-state index in [4.69, 9.17) is 5.73 Å². The number of likely N-dealkylation sites (N-methyl/N-ethyl adjacent to an activating group) is 1. The highest BCUT2D eigenvalue weighted by Crippen LogP contribution is 2.25. The summed E-state index contributed by atoms with van der Waals surface area (Å²) in [4.78, 5) is 2.21. The molecule has 96 valence electrons. The van der Waals surface area contributed by atoms with E-state index in [0.717, 1.165) is 24.0 Å². The molecular formula is C13H20BrFN2. The molecule has 1 rings (SSSR count). The Morgan fingerprint density at radius 2 is 2.12 bits per heavy atom. The Morgan fingerprint density at radius 1 is 1.41 bits per heavy atom. The molecule has 0 bridgehead atoms. The van der Waals surface area contributed by atoms with Gasteiger partial charge in [0.1, 0.15) is 5.82 Å². The molecule has 0 aliphatic heterocycles. The SMILES string of the molecule is CCCN(CC)C(CN)c1ccc(Br)cc1F. The molecule has 0 amide bonds. The zero-order valence-corrected chi connectivity index (χ0v) is 12.0. The van der Waals surface area contributed by atoms with Crippen LogP contribution in [0.4, 0.5) is 4.39 Å². The van der Waals surface area contributed by atoms with Crippen molar-refractivity contribution < 1.29 is 4.39 Å². The smallest absolute Gasteiger partial charge is 0.129 e. The summed E-state index contributed by atoms with van der Waals surface area (Å²) in [6, 6.07) is 5.14. The van der Waals surface area contributed by atoms with Gasteiger partial charge < -0.3 is 5.73 Å². The average Bonchev–Trinajstić information content (AvgIpc) is 2.31. The Bertz CT molecular complexity index is 357. The van der Waals surface area contributed by atoms with Gasteiger partial charge in [-0.1, -0.05) is 35.8 Å². The van der Waals surface area contributed by atoms with E-state index in [1.54, 1.807) is 0 Å². The van der Waals surface area contributed by atoms with E-state index in [-0.39, 0.29) is 11.9 Å². The number of rotatable bonds is 6. The molecule has 2 nitrogen and oxygen atoms in total. The minimum absolute atomic E-state index is 0.0342. The van der Waals surface area contributed by atoms with Crippen LogP contribution in [0.1, 0.15) is 31.9 Å². The second kappa shape index (κ2) is 7.09. The predicted molar refractivity (Wildman–Crippen MR) is 73.4 cm³/mol. The van der Waals surface area contributed by atoms with E-state index in [1.165, 1.54) is 6.07 Å². The molecule has 1 aromatic rings. The van der Waals surface area contributed by atoms with Gasteiger partial charge >= 0.3 is 0 Å². The molecule has 0 spiro atoms. The Kier molecular flexibility index (Phi) is 6.09. The molecule has 1 atom stereocenters. The first-order valence-corrected chi connectivity index (χ1v) is 6.82. The van der Waals surface area contributed by atoms with Crippen molar-refractivity contribution in [2.24, 2.45) is 5.73 Å². The normalized spacial score (nSPS) is 13.1. The monoisotopic (exact) mass is 302 g/mol. The minimum Gasteiger partial charge on any atom is -0.329 e. The molecule has 0 fully saturated rings. The average molecular weight is 303 g/mol. The van der Waals surface area contributed by atoms with Gasteiger partial charge in [0, 0.05) is 22.6 Å². The van der Waals surface area contributed by atoms with Gasteiger partial charge in [0.25, 0.3) is 0 Å².